The van der Waals surface area contributed by atoms with Crippen LogP contribution in [0.3, 0.4) is 0 Å². The number of halogens is 1. The van der Waals surface area contributed by atoms with E-state index in [2.05, 4.69) is 26.6 Å². The van der Waals surface area contributed by atoms with Crippen LogP contribution >= 0.6 is 15.9 Å². The number of rotatable bonds is 8. The molecule has 0 aliphatic heterocycles. The molecule has 0 aliphatic carbocycles. The van der Waals surface area contributed by atoms with E-state index in [9.17, 15) is 9.59 Å². The number of hydrogen-bond donors (Lipinski definition) is 2. The highest BCUT2D eigenvalue weighted by Gasteiger charge is 2.14. The van der Waals surface area contributed by atoms with Gasteiger partial charge >= 0.3 is 0 Å². The van der Waals surface area contributed by atoms with Crippen molar-refractivity contribution in [2.45, 2.75) is 6.42 Å². The second-order valence-corrected chi connectivity index (χ2v) is 6.31. The molecule has 138 valence electrons. The second-order valence-electron chi connectivity index (χ2n) is 5.45. The smallest absolute Gasteiger partial charge is 0.255 e. The summed E-state index contributed by atoms with van der Waals surface area (Å²) in [6.45, 7) is 1.07. The summed E-state index contributed by atoms with van der Waals surface area (Å²) < 4.78 is 10.8. The van der Waals surface area contributed by atoms with Gasteiger partial charge in [-0.3, -0.25) is 9.59 Å². The zero-order valence-electron chi connectivity index (χ0n) is 14.7. The topological polar surface area (TPSA) is 76.7 Å². The highest BCUT2D eigenvalue weighted by Crippen LogP contribution is 2.26. The molecule has 0 radical (unpaired) electrons. The molecule has 0 aliphatic rings. The average molecular weight is 421 g/mol. The van der Waals surface area contributed by atoms with Crippen molar-refractivity contribution in [2.24, 2.45) is 0 Å². The molecule has 0 heterocycles. The highest BCUT2D eigenvalue weighted by molar-refractivity contribution is 9.10. The summed E-state index contributed by atoms with van der Waals surface area (Å²) in [6, 6.07) is 11.9. The van der Waals surface area contributed by atoms with Gasteiger partial charge in [0.2, 0.25) is 0 Å². The Morgan fingerprint density at radius 3 is 2.54 bits per heavy atom. The number of amides is 2. The quantitative estimate of drug-likeness (QED) is 0.640. The zero-order valence-corrected chi connectivity index (χ0v) is 16.3. The normalized spacial score (nSPS) is 10.3. The maximum Gasteiger partial charge on any atom is 0.255 e. The number of methoxy groups -OCH3 is 2. The van der Waals surface area contributed by atoms with Crippen LogP contribution in [0, 0.1) is 0 Å². The van der Waals surface area contributed by atoms with Crippen LogP contribution in [0.15, 0.2) is 46.9 Å². The first-order chi connectivity index (χ1) is 12.6. The Bertz CT molecular complexity index is 780. The molecule has 0 aromatic heterocycles. The minimum Gasteiger partial charge on any atom is -0.496 e. The van der Waals surface area contributed by atoms with Crippen molar-refractivity contribution in [1.82, 2.24) is 5.32 Å². The Morgan fingerprint density at radius 2 is 1.85 bits per heavy atom. The lowest BCUT2D eigenvalue weighted by molar-refractivity contribution is 0.0949. The summed E-state index contributed by atoms with van der Waals surface area (Å²) in [5.74, 6) is 0.0817. The van der Waals surface area contributed by atoms with Gasteiger partial charge < -0.3 is 20.1 Å². The van der Waals surface area contributed by atoms with Crippen molar-refractivity contribution in [3.05, 3.63) is 58.1 Å². The number of carbonyl (C=O) groups excluding carboxylic acids is 2. The molecule has 0 saturated heterocycles. The fourth-order valence-corrected chi connectivity index (χ4v) is 2.85. The lowest BCUT2D eigenvalue weighted by Gasteiger charge is -2.12. The minimum atomic E-state index is -0.312. The van der Waals surface area contributed by atoms with Gasteiger partial charge in [0.1, 0.15) is 5.75 Å². The number of para-hydroxylation sites is 1. The van der Waals surface area contributed by atoms with Crippen LogP contribution in [0.4, 0.5) is 5.69 Å². The van der Waals surface area contributed by atoms with Gasteiger partial charge in [0.05, 0.1) is 22.8 Å². The van der Waals surface area contributed by atoms with Gasteiger partial charge in [-0.1, -0.05) is 12.1 Å². The van der Waals surface area contributed by atoms with Crippen molar-refractivity contribution in [1.29, 1.82) is 0 Å². The van der Waals surface area contributed by atoms with Crippen LogP contribution in [-0.2, 0) is 4.74 Å². The minimum absolute atomic E-state index is 0.243. The molecule has 0 saturated carbocycles. The molecule has 2 aromatic carbocycles. The lowest BCUT2D eigenvalue weighted by Crippen LogP contribution is -2.26. The van der Waals surface area contributed by atoms with E-state index in [0.29, 0.717) is 40.2 Å². The third-order valence-electron chi connectivity index (χ3n) is 3.64. The third kappa shape index (κ3) is 5.31. The van der Waals surface area contributed by atoms with E-state index in [0.717, 1.165) is 6.42 Å². The summed E-state index contributed by atoms with van der Waals surface area (Å²) in [6.07, 6.45) is 0.719. The summed E-state index contributed by atoms with van der Waals surface area (Å²) in [7, 11) is 3.17. The van der Waals surface area contributed by atoms with Crippen LogP contribution < -0.4 is 15.4 Å². The molecular formula is C19H21BrN2O4. The molecule has 2 aromatic rings. The Labute approximate surface area is 161 Å². The maximum absolute atomic E-state index is 12.5. The van der Waals surface area contributed by atoms with Crippen LogP contribution in [-0.4, -0.2) is 39.2 Å². The summed E-state index contributed by atoms with van der Waals surface area (Å²) in [4.78, 5) is 24.9. The van der Waals surface area contributed by atoms with Crippen molar-refractivity contribution in [3.63, 3.8) is 0 Å². The first kappa shape index (κ1) is 19.9. The van der Waals surface area contributed by atoms with Crippen molar-refractivity contribution < 1.29 is 19.1 Å². The fourth-order valence-electron chi connectivity index (χ4n) is 2.31. The van der Waals surface area contributed by atoms with Crippen LogP contribution in [0.1, 0.15) is 27.1 Å². The van der Waals surface area contributed by atoms with Crippen LogP contribution in [0.2, 0.25) is 0 Å². The number of benzene rings is 2. The van der Waals surface area contributed by atoms with Crippen molar-refractivity contribution in [3.8, 4) is 5.75 Å². The van der Waals surface area contributed by atoms with E-state index in [-0.39, 0.29) is 11.8 Å². The fraction of sp³-hybridized carbons (Fsp3) is 0.263. The van der Waals surface area contributed by atoms with E-state index < -0.39 is 0 Å². The summed E-state index contributed by atoms with van der Waals surface area (Å²) in [5.41, 5.74) is 1.31. The molecule has 2 rings (SSSR count). The monoisotopic (exact) mass is 420 g/mol. The van der Waals surface area contributed by atoms with E-state index in [4.69, 9.17) is 9.47 Å². The van der Waals surface area contributed by atoms with Crippen LogP contribution in [0.5, 0.6) is 5.75 Å². The largest absolute Gasteiger partial charge is 0.496 e. The predicted octanol–water partition coefficient (Wildman–Crippen LogP) is 3.48. The van der Waals surface area contributed by atoms with Gasteiger partial charge in [-0.05, 0) is 52.7 Å². The Balaban J connectivity index is 2.10. The summed E-state index contributed by atoms with van der Waals surface area (Å²) >= 11 is 3.36. The SMILES string of the molecule is COCCCNC(=O)c1ccccc1NC(=O)c1ccc(OC)c(Br)c1. The molecule has 0 spiro atoms. The van der Waals surface area contributed by atoms with E-state index >= 15 is 0 Å². The molecule has 0 unspecified atom stereocenters. The second kappa shape index (κ2) is 9.94. The maximum atomic E-state index is 12.5. The predicted molar refractivity (Wildman–Crippen MR) is 104 cm³/mol. The first-order valence-electron chi connectivity index (χ1n) is 8.08. The number of carbonyl (C=O) groups is 2. The van der Waals surface area contributed by atoms with Gasteiger partial charge in [-0.2, -0.15) is 0 Å². The molecule has 7 heteroatoms. The van der Waals surface area contributed by atoms with E-state index in [1.807, 2.05) is 0 Å². The van der Waals surface area contributed by atoms with Gasteiger partial charge in [-0.25, -0.2) is 0 Å². The standard InChI is InChI=1S/C19H21BrN2O4/c1-25-11-5-10-21-19(24)14-6-3-4-7-16(14)22-18(23)13-8-9-17(26-2)15(20)12-13/h3-4,6-9,12H,5,10-11H2,1-2H3,(H,21,24)(H,22,23). The molecule has 6 nitrogen and oxygen atoms in total. The molecule has 0 fully saturated rings. The molecule has 2 amide bonds. The zero-order chi connectivity index (χ0) is 18.9. The lowest BCUT2D eigenvalue weighted by atomic mass is 10.1. The highest BCUT2D eigenvalue weighted by atomic mass is 79.9. The van der Waals surface area contributed by atoms with Gasteiger partial charge in [0.25, 0.3) is 11.8 Å². The number of nitrogens with one attached hydrogen (secondary N) is 2. The molecule has 26 heavy (non-hydrogen) atoms. The third-order valence-corrected chi connectivity index (χ3v) is 4.26. The first-order valence-corrected chi connectivity index (χ1v) is 8.87. The summed E-state index contributed by atoms with van der Waals surface area (Å²) in [5, 5.41) is 5.60. The molecule has 0 bridgehead atoms. The van der Waals surface area contributed by atoms with Gasteiger partial charge in [-0.15, -0.1) is 0 Å². The molecule has 0 atom stereocenters. The average Bonchev–Trinajstić information content (AvgIpc) is 2.65. The number of anilines is 1. The van der Waals surface area contributed by atoms with Crippen LogP contribution in [0.25, 0.3) is 0 Å². The van der Waals surface area contributed by atoms with Gasteiger partial charge in [0, 0.05) is 25.8 Å². The Morgan fingerprint density at radius 1 is 1.08 bits per heavy atom. The molecular weight excluding hydrogens is 400 g/mol. The molecule has 2 N–H and O–H groups in total. The van der Waals surface area contributed by atoms with E-state index in [1.165, 1.54) is 0 Å². The number of ether oxygens (including phenoxy) is 2. The Hall–Kier alpha value is -2.38. The number of hydrogen-bond acceptors (Lipinski definition) is 4. The van der Waals surface area contributed by atoms with Crippen molar-refractivity contribution in [2.75, 3.05) is 32.7 Å². The van der Waals surface area contributed by atoms with E-state index in [1.54, 1.807) is 56.7 Å². The van der Waals surface area contributed by atoms with Gasteiger partial charge in [0.15, 0.2) is 0 Å². The Kier molecular flexibility index (Phi) is 7.62. The van der Waals surface area contributed by atoms with Crippen molar-refractivity contribution >= 4 is 33.4 Å².